The van der Waals surface area contributed by atoms with Gasteiger partial charge in [0.05, 0.1) is 16.8 Å². The number of hydrogen-bond donors (Lipinski definition) is 0. The van der Waals surface area contributed by atoms with E-state index in [2.05, 4.69) is 229 Å². The SMILES string of the molecule is c1ccc(-c2ccccc2N(c2ccc3c(c2)C2(c4ccccc4-c4ccccc42)c2ccccc2-3)c2ccc3ccccc3c2-c2ccc3ccccc3c2)cc1. The Morgan fingerprint density at radius 2 is 0.828 bits per heavy atom. The molecule has 0 radical (unpaired) electrons. The fourth-order valence-electron chi connectivity index (χ4n) is 10.3. The maximum atomic E-state index is 2.53. The molecule has 10 aromatic carbocycles. The van der Waals surface area contributed by atoms with Gasteiger partial charge in [-0.2, -0.15) is 0 Å². The third-order valence-corrected chi connectivity index (χ3v) is 12.7. The van der Waals surface area contributed by atoms with Crippen LogP contribution < -0.4 is 4.90 Å². The standard InChI is InChI=1S/C57H37N/c1-2-17-39(18-3-1)44-21-11-15-29-54(44)58(55-35-32-40-19-6-7-22-45(40)56(55)42-31-30-38-16-4-5-20-41(38)36-42)43-33-34-49-48-25-10-14-28-52(48)57(53(49)37-43)50-26-12-8-23-46(50)47-24-9-13-27-51(47)57/h1-37H. The minimum absolute atomic E-state index is 0.454. The monoisotopic (exact) mass is 735 g/mol. The van der Waals surface area contributed by atoms with Crippen molar-refractivity contribution in [1.29, 1.82) is 0 Å². The Morgan fingerprint density at radius 3 is 1.53 bits per heavy atom. The molecule has 0 unspecified atom stereocenters. The van der Waals surface area contributed by atoms with Gasteiger partial charge in [0.25, 0.3) is 0 Å². The van der Waals surface area contributed by atoms with E-state index in [9.17, 15) is 0 Å². The second-order valence-corrected chi connectivity index (χ2v) is 15.6. The van der Waals surface area contributed by atoms with Crippen molar-refractivity contribution in [2.75, 3.05) is 4.90 Å². The first-order chi connectivity index (χ1) is 28.8. The molecule has 12 rings (SSSR count). The summed E-state index contributed by atoms with van der Waals surface area (Å²) in [5, 5.41) is 4.90. The van der Waals surface area contributed by atoms with E-state index >= 15 is 0 Å². The molecule has 0 bridgehead atoms. The fourth-order valence-corrected chi connectivity index (χ4v) is 10.3. The van der Waals surface area contributed by atoms with Crippen molar-refractivity contribution in [2.24, 2.45) is 0 Å². The summed E-state index contributed by atoms with van der Waals surface area (Å²) in [6.45, 7) is 0. The van der Waals surface area contributed by atoms with Crippen LogP contribution in [-0.2, 0) is 5.41 Å². The van der Waals surface area contributed by atoms with Gasteiger partial charge in [0.1, 0.15) is 0 Å². The molecule has 0 aliphatic heterocycles. The molecule has 0 N–H and O–H groups in total. The average molecular weight is 736 g/mol. The normalized spacial score (nSPS) is 13.0. The number of rotatable bonds is 5. The Kier molecular flexibility index (Phi) is 7.21. The van der Waals surface area contributed by atoms with Crippen molar-refractivity contribution >= 4 is 38.6 Å². The molecule has 1 nitrogen and oxygen atoms in total. The molecular formula is C57H37N. The second-order valence-electron chi connectivity index (χ2n) is 15.6. The van der Waals surface area contributed by atoms with Crippen LogP contribution in [0.15, 0.2) is 224 Å². The van der Waals surface area contributed by atoms with Crippen LogP contribution in [0.2, 0.25) is 0 Å². The Bertz CT molecular complexity index is 3180. The zero-order valence-corrected chi connectivity index (χ0v) is 31.8. The Morgan fingerprint density at radius 1 is 0.293 bits per heavy atom. The highest BCUT2D eigenvalue weighted by Gasteiger charge is 2.51. The van der Waals surface area contributed by atoms with E-state index in [0.717, 1.165) is 17.1 Å². The van der Waals surface area contributed by atoms with Gasteiger partial charge in [-0.25, -0.2) is 0 Å². The van der Waals surface area contributed by atoms with Gasteiger partial charge in [-0.05, 0) is 108 Å². The smallest absolute Gasteiger partial charge is 0.0726 e. The largest absolute Gasteiger partial charge is 0.309 e. The van der Waals surface area contributed by atoms with Crippen LogP contribution in [-0.4, -0.2) is 0 Å². The van der Waals surface area contributed by atoms with Gasteiger partial charge in [0, 0.05) is 16.8 Å². The minimum atomic E-state index is -0.454. The van der Waals surface area contributed by atoms with E-state index in [1.807, 2.05) is 0 Å². The van der Waals surface area contributed by atoms with Gasteiger partial charge in [-0.1, -0.05) is 194 Å². The molecule has 1 heteroatoms. The Labute approximate surface area is 338 Å². The van der Waals surface area contributed by atoms with Gasteiger partial charge in [0.15, 0.2) is 0 Å². The minimum Gasteiger partial charge on any atom is -0.309 e. The molecule has 270 valence electrons. The van der Waals surface area contributed by atoms with Crippen molar-refractivity contribution in [1.82, 2.24) is 0 Å². The van der Waals surface area contributed by atoms with E-state index in [1.165, 1.54) is 88.3 Å². The summed E-state index contributed by atoms with van der Waals surface area (Å²) < 4.78 is 0. The van der Waals surface area contributed by atoms with Crippen LogP contribution in [0.1, 0.15) is 22.3 Å². The molecule has 0 atom stereocenters. The summed E-state index contributed by atoms with van der Waals surface area (Å²) in [4.78, 5) is 2.53. The summed E-state index contributed by atoms with van der Waals surface area (Å²) >= 11 is 0. The lowest BCUT2D eigenvalue weighted by Crippen LogP contribution is -2.26. The number of benzene rings is 10. The molecule has 10 aromatic rings. The highest BCUT2D eigenvalue weighted by Crippen LogP contribution is 2.63. The van der Waals surface area contributed by atoms with E-state index in [4.69, 9.17) is 0 Å². The number of nitrogens with zero attached hydrogens (tertiary/aromatic N) is 1. The Hall–Kier alpha value is -7.48. The molecule has 0 heterocycles. The predicted molar refractivity (Wildman–Crippen MR) is 243 cm³/mol. The lowest BCUT2D eigenvalue weighted by molar-refractivity contribution is 0.793. The summed E-state index contributed by atoms with van der Waals surface area (Å²) in [6.07, 6.45) is 0. The van der Waals surface area contributed by atoms with E-state index in [0.29, 0.717) is 0 Å². The maximum Gasteiger partial charge on any atom is 0.0726 e. The van der Waals surface area contributed by atoms with Crippen LogP contribution in [0.25, 0.3) is 66.1 Å². The first-order valence-electron chi connectivity index (χ1n) is 20.2. The van der Waals surface area contributed by atoms with Crippen molar-refractivity contribution < 1.29 is 0 Å². The molecule has 58 heavy (non-hydrogen) atoms. The molecule has 0 saturated heterocycles. The number of para-hydroxylation sites is 1. The number of fused-ring (bicyclic) bond motifs is 12. The van der Waals surface area contributed by atoms with Crippen LogP contribution >= 0.6 is 0 Å². The molecule has 0 saturated carbocycles. The van der Waals surface area contributed by atoms with Gasteiger partial charge in [-0.15, -0.1) is 0 Å². The predicted octanol–water partition coefficient (Wildman–Crippen LogP) is 15.1. The summed E-state index contributed by atoms with van der Waals surface area (Å²) in [5.41, 5.74) is 18.2. The van der Waals surface area contributed by atoms with Crippen molar-refractivity contribution in [2.45, 2.75) is 5.41 Å². The zero-order chi connectivity index (χ0) is 38.2. The van der Waals surface area contributed by atoms with E-state index in [1.54, 1.807) is 0 Å². The van der Waals surface area contributed by atoms with Gasteiger partial charge in [0.2, 0.25) is 0 Å². The van der Waals surface area contributed by atoms with Crippen molar-refractivity contribution in [3.63, 3.8) is 0 Å². The first-order valence-corrected chi connectivity index (χ1v) is 20.2. The van der Waals surface area contributed by atoms with E-state index in [-0.39, 0.29) is 0 Å². The highest BCUT2D eigenvalue weighted by atomic mass is 15.1. The summed E-state index contributed by atoms with van der Waals surface area (Å²) in [6, 6.07) is 83.2. The quantitative estimate of drug-likeness (QED) is 0.170. The first kappa shape index (κ1) is 32.7. The Balaban J connectivity index is 1.19. The van der Waals surface area contributed by atoms with Crippen LogP contribution in [0.5, 0.6) is 0 Å². The average Bonchev–Trinajstić information content (AvgIpc) is 3.76. The molecule has 0 fully saturated rings. The molecule has 2 aliphatic carbocycles. The van der Waals surface area contributed by atoms with E-state index < -0.39 is 5.41 Å². The van der Waals surface area contributed by atoms with Crippen molar-refractivity contribution in [3.05, 3.63) is 247 Å². The second kappa shape index (κ2) is 12.8. The molecule has 0 amide bonds. The van der Waals surface area contributed by atoms with Gasteiger partial charge < -0.3 is 4.90 Å². The van der Waals surface area contributed by atoms with Gasteiger partial charge >= 0.3 is 0 Å². The highest BCUT2D eigenvalue weighted by molar-refractivity contribution is 6.08. The maximum absolute atomic E-state index is 2.53. The lowest BCUT2D eigenvalue weighted by Gasteiger charge is -2.33. The van der Waals surface area contributed by atoms with Crippen LogP contribution in [0.3, 0.4) is 0 Å². The third kappa shape index (κ3) is 4.65. The molecule has 0 aromatic heterocycles. The fraction of sp³-hybridized carbons (Fsp3) is 0.0175. The number of hydrogen-bond acceptors (Lipinski definition) is 1. The van der Waals surface area contributed by atoms with Gasteiger partial charge in [-0.3, -0.25) is 0 Å². The lowest BCUT2D eigenvalue weighted by atomic mass is 9.70. The molecule has 1 spiro atoms. The van der Waals surface area contributed by atoms with Crippen LogP contribution in [0.4, 0.5) is 17.1 Å². The van der Waals surface area contributed by atoms with Crippen LogP contribution in [0, 0.1) is 0 Å². The molecular weight excluding hydrogens is 699 g/mol. The summed E-state index contributed by atoms with van der Waals surface area (Å²) in [5.74, 6) is 0. The summed E-state index contributed by atoms with van der Waals surface area (Å²) in [7, 11) is 0. The number of anilines is 3. The zero-order valence-electron chi connectivity index (χ0n) is 31.8. The topological polar surface area (TPSA) is 3.24 Å². The third-order valence-electron chi connectivity index (χ3n) is 12.7. The van der Waals surface area contributed by atoms with Crippen molar-refractivity contribution in [3.8, 4) is 44.5 Å². The molecule has 2 aliphatic rings.